The maximum atomic E-state index is 9.98. The van der Waals surface area contributed by atoms with Gasteiger partial charge in [-0.3, -0.25) is 0 Å². The van der Waals surface area contributed by atoms with Gasteiger partial charge in [0.2, 0.25) is 0 Å². The van der Waals surface area contributed by atoms with E-state index < -0.39 is 0 Å². The molecule has 13 heavy (non-hydrogen) atoms. The second kappa shape index (κ2) is 3.81. The van der Waals surface area contributed by atoms with Gasteiger partial charge in [0.15, 0.2) is 0 Å². The molecule has 0 fully saturated rings. The van der Waals surface area contributed by atoms with Crippen molar-refractivity contribution in [2.75, 3.05) is 0 Å². The van der Waals surface area contributed by atoms with Crippen LogP contribution in [0.2, 0.25) is 0 Å². The monoisotopic (exact) mass is 198 g/mol. The second-order valence-corrected chi connectivity index (χ2v) is 5.63. The van der Waals surface area contributed by atoms with Gasteiger partial charge in [0.1, 0.15) is 0 Å². The molecule has 1 N–H and O–H groups in total. The highest BCUT2D eigenvalue weighted by atomic mass is 32.1. The zero-order valence-corrected chi connectivity index (χ0v) is 9.61. The van der Waals surface area contributed by atoms with E-state index in [1.54, 1.807) is 11.3 Å². The fraction of sp³-hybridized carbons (Fsp3) is 0.636. The highest BCUT2D eigenvalue weighted by Crippen LogP contribution is 2.36. The molecular formula is C11H18OS. The van der Waals surface area contributed by atoms with Gasteiger partial charge in [-0.15, -0.1) is 11.3 Å². The van der Waals surface area contributed by atoms with E-state index in [2.05, 4.69) is 33.8 Å². The lowest BCUT2D eigenvalue weighted by molar-refractivity contribution is 0.0658. The molecule has 0 bridgehead atoms. The summed E-state index contributed by atoms with van der Waals surface area (Å²) in [6.45, 7) is 8.31. The first-order valence-corrected chi connectivity index (χ1v) is 5.53. The Bertz CT molecular complexity index is 270. The summed E-state index contributed by atoms with van der Waals surface area (Å²) in [6, 6.07) is 4.15. The van der Waals surface area contributed by atoms with E-state index in [4.69, 9.17) is 0 Å². The van der Waals surface area contributed by atoms with Gasteiger partial charge in [-0.2, -0.15) is 0 Å². The topological polar surface area (TPSA) is 20.2 Å². The van der Waals surface area contributed by atoms with Crippen LogP contribution in [0.4, 0.5) is 0 Å². The fourth-order valence-corrected chi connectivity index (χ4v) is 2.34. The summed E-state index contributed by atoms with van der Waals surface area (Å²) >= 11 is 1.72. The van der Waals surface area contributed by atoms with Gasteiger partial charge >= 0.3 is 0 Å². The van der Waals surface area contributed by atoms with Crippen LogP contribution < -0.4 is 0 Å². The third-order valence-corrected chi connectivity index (χ3v) is 3.40. The molecule has 0 spiro atoms. The van der Waals surface area contributed by atoms with Crippen LogP contribution >= 0.6 is 11.3 Å². The van der Waals surface area contributed by atoms with Crippen molar-refractivity contribution in [2.24, 2.45) is 5.41 Å². The third-order valence-electron chi connectivity index (χ3n) is 2.12. The lowest BCUT2D eigenvalue weighted by atomic mass is 9.88. The Morgan fingerprint density at radius 1 is 1.38 bits per heavy atom. The quantitative estimate of drug-likeness (QED) is 0.772. The van der Waals surface area contributed by atoms with E-state index in [1.807, 2.05) is 6.07 Å². The molecule has 0 amide bonds. The number of thiophene rings is 1. The highest BCUT2D eigenvalue weighted by molar-refractivity contribution is 7.12. The number of hydrogen-bond acceptors (Lipinski definition) is 2. The molecule has 1 nitrogen and oxygen atoms in total. The van der Waals surface area contributed by atoms with E-state index in [9.17, 15) is 5.11 Å². The Kier molecular flexibility index (Phi) is 3.14. The average Bonchev–Trinajstić information content (AvgIpc) is 2.48. The summed E-state index contributed by atoms with van der Waals surface area (Å²) in [7, 11) is 0. The summed E-state index contributed by atoms with van der Waals surface area (Å²) in [6.07, 6.45) is 0.722. The zero-order chi connectivity index (χ0) is 10.1. The molecule has 1 aromatic heterocycles. The van der Waals surface area contributed by atoms with E-state index in [0.717, 1.165) is 11.3 Å². The maximum Gasteiger partial charge on any atom is 0.0930 e. The van der Waals surface area contributed by atoms with Gasteiger partial charge in [-0.1, -0.05) is 27.7 Å². The summed E-state index contributed by atoms with van der Waals surface area (Å²) in [5.74, 6) is 0. The van der Waals surface area contributed by atoms with Crippen molar-refractivity contribution in [2.45, 2.75) is 40.2 Å². The molecule has 0 radical (unpaired) electrons. The molecule has 1 aromatic rings. The first kappa shape index (κ1) is 10.7. The van der Waals surface area contributed by atoms with Crippen molar-refractivity contribution in [1.29, 1.82) is 0 Å². The molecule has 0 saturated heterocycles. The smallest absolute Gasteiger partial charge is 0.0930 e. The van der Waals surface area contributed by atoms with Crippen LogP contribution in [0, 0.1) is 5.41 Å². The van der Waals surface area contributed by atoms with E-state index in [0.29, 0.717) is 0 Å². The molecule has 0 aliphatic rings. The Morgan fingerprint density at radius 2 is 2.00 bits per heavy atom. The van der Waals surface area contributed by atoms with E-state index in [1.165, 1.54) is 4.88 Å². The summed E-state index contributed by atoms with van der Waals surface area (Å²) < 4.78 is 0. The van der Waals surface area contributed by atoms with Crippen molar-refractivity contribution in [3.05, 3.63) is 21.9 Å². The second-order valence-electron chi connectivity index (χ2n) is 4.43. The summed E-state index contributed by atoms with van der Waals surface area (Å²) in [5, 5.41) is 9.98. The number of aliphatic hydroxyl groups is 1. The molecule has 1 atom stereocenters. The Hall–Kier alpha value is -0.340. The zero-order valence-electron chi connectivity index (χ0n) is 8.79. The average molecular weight is 198 g/mol. The lowest BCUT2D eigenvalue weighted by Gasteiger charge is -2.24. The van der Waals surface area contributed by atoms with Crippen LogP contribution in [0.1, 0.15) is 43.6 Å². The SMILES string of the molecule is CCc1ccc(C(O)C(C)(C)C)s1. The van der Waals surface area contributed by atoms with Crippen molar-refractivity contribution in [1.82, 2.24) is 0 Å². The van der Waals surface area contributed by atoms with Crippen molar-refractivity contribution >= 4 is 11.3 Å². The summed E-state index contributed by atoms with van der Waals surface area (Å²) in [4.78, 5) is 2.43. The minimum Gasteiger partial charge on any atom is -0.387 e. The van der Waals surface area contributed by atoms with Crippen molar-refractivity contribution in [3.63, 3.8) is 0 Å². The van der Waals surface area contributed by atoms with Crippen LogP contribution in [0.5, 0.6) is 0 Å². The van der Waals surface area contributed by atoms with Crippen LogP contribution in [0.25, 0.3) is 0 Å². The Balaban J connectivity index is 2.83. The standard InChI is InChI=1S/C11H18OS/c1-5-8-6-7-9(13-8)10(12)11(2,3)4/h6-7,10,12H,5H2,1-4H3. The minimum atomic E-state index is -0.335. The van der Waals surface area contributed by atoms with Crippen LogP contribution in [-0.2, 0) is 6.42 Å². The number of aryl methyl sites for hydroxylation is 1. The number of aliphatic hydroxyl groups excluding tert-OH is 1. The predicted molar refractivity (Wildman–Crippen MR) is 58.1 cm³/mol. The molecule has 0 aliphatic carbocycles. The minimum absolute atomic E-state index is 0.0597. The van der Waals surface area contributed by atoms with Gasteiger partial charge in [-0.25, -0.2) is 0 Å². The van der Waals surface area contributed by atoms with Gasteiger partial charge in [0.25, 0.3) is 0 Å². The Morgan fingerprint density at radius 3 is 2.38 bits per heavy atom. The molecular weight excluding hydrogens is 180 g/mol. The molecule has 1 heterocycles. The van der Waals surface area contributed by atoms with Gasteiger partial charge in [0.05, 0.1) is 6.10 Å². The van der Waals surface area contributed by atoms with Crippen LogP contribution in [0.15, 0.2) is 12.1 Å². The lowest BCUT2D eigenvalue weighted by Crippen LogP contribution is -2.16. The number of hydrogen-bond donors (Lipinski definition) is 1. The summed E-state index contributed by atoms with van der Waals surface area (Å²) in [5.41, 5.74) is -0.0597. The van der Waals surface area contributed by atoms with Gasteiger partial charge in [-0.05, 0) is 24.0 Å². The van der Waals surface area contributed by atoms with Crippen LogP contribution in [0.3, 0.4) is 0 Å². The Labute approximate surface area is 84.4 Å². The largest absolute Gasteiger partial charge is 0.387 e. The third kappa shape index (κ3) is 2.55. The molecule has 0 saturated carbocycles. The van der Waals surface area contributed by atoms with Crippen molar-refractivity contribution in [3.8, 4) is 0 Å². The van der Waals surface area contributed by atoms with E-state index >= 15 is 0 Å². The molecule has 74 valence electrons. The maximum absolute atomic E-state index is 9.98. The highest BCUT2D eigenvalue weighted by Gasteiger charge is 2.24. The first-order chi connectivity index (χ1) is 5.95. The molecule has 2 heteroatoms. The number of rotatable bonds is 2. The molecule has 0 aliphatic heterocycles. The molecule has 0 aromatic carbocycles. The predicted octanol–water partition coefficient (Wildman–Crippen LogP) is 3.39. The van der Waals surface area contributed by atoms with Gasteiger partial charge < -0.3 is 5.11 Å². The fourth-order valence-electron chi connectivity index (χ4n) is 1.16. The first-order valence-electron chi connectivity index (χ1n) is 4.72. The van der Waals surface area contributed by atoms with E-state index in [-0.39, 0.29) is 11.5 Å². The normalized spacial score (nSPS) is 14.5. The van der Waals surface area contributed by atoms with Crippen molar-refractivity contribution < 1.29 is 5.11 Å². The molecule has 1 unspecified atom stereocenters. The molecule has 1 rings (SSSR count). The van der Waals surface area contributed by atoms with Crippen LogP contribution in [-0.4, -0.2) is 5.11 Å². The van der Waals surface area contributed by atoms with Gasteiger partial charge in [0, 0.05) is 9.75 Å².